The minimum absolute atomic E-state index is 0.0186. The standard InChI is InChI=1S/C34H40N2O12/c1-21(37)35-30-28(48-29(20-43-22(2)38)31(46-23(3)39)32(30)47-24(4)40)17-11-16-27(33(41)44-18-25-12-7-5-8-13-25)36-34(42)45-19-26-14-9-6-10-15-26/h5-16,27-32H,17-20H2,1-4H3,(H,35,37)(H,36,42)/b16-11+/t27-,28+,29+,30-,31+,32+/m0/s1. The van der Waals surface area contributed by atoms with E-state index in [-0.39, 0.29) is 26.2 Å². The van der Waals surface area contributed by atoms with Crippen molar-refractivity contribution in [2.45, 2.75) is 83.8 Å². The number of ether oxygens (including phenoxy) is 6. The fourth-order valence-corrected chi connectivity index (χ4v) is 4.87. The fraction of sp³-hybridized carbons (Fsp3) is 0.412. The van der Waals surface area contributed by atoms with Crippen molar-refractivity contribution < 1.29 is 57.2 Å². The minimum atomic E-state index is -1.30. The summed E-state index contributed by atoms with van der Waals surface area (Å²) in [6.45, 7) is 4.26. The molecule has 0 spiro atoms. The zero-order valence-corrected chi connectivity index (χ0v) is 27.1. The molecule has 0 radical (unpaired) electrons. The highest BCUT2D eigenvalue weighted by Gasteiger charge is 2.50. The van der Waals surface area contributed by atoms with Gasteiger partial charge in [-0.25, -0.2) is 9.59 Å². The van der Waals surface area contributed by atoms with Gasteiger partial charge < -0.3 is 39.1 Å². The average Bonchev–Trinajstić information content (AvgIpc) is 3.04. The molecular weight excluding hydrogens is 628 g/mol. The lowest BCUT2D eigenvalue weighted by Crippen LogP contribution is -2.66. The lowest BCUT2D eigenvalue weighted by molar-refractivity contribution is -0.223. The summed E-state index contributed by atoms with van der Waals surface area (Å²) in [6, 6.07) is 15.6. The van der Waals surface area contributed by atoms with Gasteiger partial charge in [-0.05, 0) is 17.5 Å². The predicted octanol–water partition coefficient (Wildman–Crippen LogP) is 2.67. The van der Waals surface area contributed by atoms with Crippen molar-refractivity contribution >= 4 is 35.9 Å². The number of rotatable bonds is 14. The van der Waals surface area contributed by atoms with Crippen LogP contribution in [-0.4, -0.2) is 79.0 Å². The van der Waals surface area contributed by atoms with Crippen LogP contribution in [0.1, 0.15) is 45.2 Å². The van der Waals surface area contributed by atoms with Crippen molar-refractivity contribution in [1.29, 1.82) is 0 Å². The maximum atomic E-state index is 13.2. The summed E-state index contributed by atoms with van der Waals surface area (Å²) in [7, 11) is 0. The van der Waals surface area contributed by atoms with Crippen molar-refractivity contribution in [3.05, 3.63) is 83.9 Å². The Balaban J connectivity index is 1.84. The van der Waals surface area contributed by atoms with E-state index in [0.717, 1.165) is 25.0 Å². The van der Waals surface area contributed by atoms with Gasteiger partial charge in [-0.2, -0.15) is 0 Å². The molecule has 0 aliphatic carbocycles. The molecule has 48 heavy (non-hydrogen) atoms. The van der Waals surface area contributed by atoms with Crippen LogP contribution in [0.4, 0.5) is 4.79 Å². The maximum Gasteiger partial charge on any atom is 0.408 e. The fourth-order valence-electron chi connectivity index (χ4n) is 4.87. The Morgan fingerprint density at radius 2 is 1.29 bits per heavy atom. The average molecular weight is 669 g/mol. The molecule has 3 rings (SSSR count). The third-order valence-electron chi connectivity index (χ3n) is 6.88. The SMILES string of the molecule is CC(=O)N[C@@H]1[C@@H](OC(C)=O)[C@H](OC(C)=O)[C@@H](COC(C)=O)O[C@@H]1C/C=C/[C@H](NC(=O)OCc1ccccc1)C(=O)OCc1ccccc1. The molecule has 14 nitrogen and oxygen atoms in total. The molecule has 1 fully saturated rings. The van der Waals surface area contributed by atoms with E-state index in [1.165, 1.54) is 26.0 Å². The summed E-state index contributed by atoms with van der Waals surface area (Å²) in [5.41, 5.74) is 1.47. The second kappa shape index (κ2) is 18.8. The molecule has 2 aromatic carbocycles. The van der Waals surface area contributed by atoms with E-state index in [1.54, 1.807) is 48.5 Å². The number of amides is 2. The largest absolute Gasteiger partial charge is 0.463 e. The molecule has 2 N–H and O–H groups in total. The molecule has 1 aliphatic rings. The summed E-state index contributed by atoms with van der Waals surface area (Å²) in [6.07, 6.45) is -2.55. The van der Waals surface area contributed by atoms with Gasteiger partial charge in [0.1, 0.15) is 32.0 Å². The van der Waals surface area contributed by atoms with E-state index in [2.05, 4.69) is 10.6 Å². The van der Waals surface area contributed by atoms with Crippen LogP contribution in [0.25, 0.3) is 0 Å². The van der Waals surface area contributed by atoms with E-state index in [0.29, 0.717) is 0 Å². The summed E-state index contributed by atoms with van der Waals surface area (Å²) in [4.78, 5) is 73.8. The summed E-state index contributed by atoms with van der Waals surface area (Å²) in [5.74, 6) is -3.37. The summed E-state index contributed by atoms with van der Waals surface area (Å²) >= 11 is 0. The van der Waals surface area contributed by atoms with Crippen LogP contribution in [0.5, 0.6) is 0 Å². The third kappa shape index (κ3) is 12.5. The van der Waals surface area contributed by atoms with Crippen LogP contribution in [0, 0.1) is 0 Å². The molecule has 1 saturated heterocycles. The third-order valence-corrected chi connectivity index (χ3v) is 6.88. The molecule has 1 aliphatic heterocycles. The van der Waals surface area contributed by atoms with Crippen LogP contribution in [-0.2, 0) is 65.6 Å². The second-order valence-corrected chi connectivity index (χ2v) is 10.8. The predicted molar refractivity (Wildman–Crippen MR) is 168 cm³/mol. The lowest BCUT2D eigenvalue weighted by atomic mass is 9.90. The molecule has 2 amide bonds. The van der Waals surface area contributed by atoms with Crippen LogP contribution in [0.2, 0.25) is 0 Å². The highest BCUT2D eigenvalue weighted by Crippen LogP contribution is 2.29. The molecule has 258 valence electrons. The number of hydrogen-bond donors (Lipinski definition) is 2. The maximum absolute atomic E-state index is 13.2. The monoisotopic (exact) mass is 668 g/mol. The van der Waals surface area contributed by atoms with E-state index < -0.39 is 72.4 Å². The first kappa shape index (κ1) is 37.2. The topological polar surface area (TPSA) is 182 Å². The van der Waals surface area contributed by atoms with Gasteiger partial charge >= 0.3 is 30.0 Å². The number of carbonyl (C=O) groups excluding carboxylic acids is 6. The van der Waals surface area contributed by atoms with Crippen LogP contribution >= 0.6 is 0 Å². The Morgan fingerprint density at radius 3 is 1.83 bits per heavy atom. The van der Waals surface area contributed by atoms with Gasteiger partial charge in [0.25, 0.3) is 0 Å². The second-order valence-electron chi connectivity index (χ2n) is 10.8. The Hall–Kier alpha value is -5.24. The van der Waals surface area contributed by atoms with Crippen molar-refractivity contribution in [1.82, 2.24) is 10.6 Å². The van der Waals surface area contributed by atoms with Crippen molar-refractivity contribution in [3.63, 3.8) is 0 Å². The molecule has 0 saturated carbocycles. The highest BCUT2D eigenvalue weighted by atomic mass is 16.6. The molecule has 2 aromatic rings. The highest BCUT2D eigenvalue weighted by molar-refractivity contribution is 5.83. The molecule has 0 unspecified atom stereocenters. The zero-order valence-electron chi connectivity index (χ0n) is 27.1. The number of esters is 4. The first-order chi connectivity index (χ1) is 22.9. The molecule has 0 aromatic heterocycles. The number of nitrogens with one attached hydrogen (secondary N) is 2. The molecule has 1 heterocycles. The quantitative estimate of drug-likeness (QED) is 0.171. The number of carbonyl (C=O) groups is 6. The summed E-state index contributed by atoms with van der Waals surface area (Å²) in [5, 5.41) is 5.18. The van der Waals surface area contributed by atoms with Gasteiger partial charge in [0.15, 0.2) is 12.2 Å². The number of alkyl carbamates (subject to hydrolysis) is 1. The minimum Gasteiger partial charge on any atom is -0.463 e. The molecule has 14 heteroatoms. The first-order valence-electron chi connectivity index (χ1n) is 15.2. The normalized spacial score (nSPS) is 20.9. The Morgan fingerprint density at radius 1 is 0.729 bits per heavy atom. The Labute approximate surface area is 278 Å². The van der Waals surface area contributed by atoms with E-state index in [1.807, 2.05) is 12.1 Å². The van der Waals surface area contributed by atoms with Crippen LogP contribution in [0.3, 0.4) is 0 Å². The first-order valence-corrected chi connectivity index (χ1v) is 15.2. The van der Waals surface area contributed by atoms with Crippen LogP contribution < -0.4 is 10.6 Å². The number of benzene rings is 2. The van der Waals surface area contributed by atoms with Gasteiger partial charge in [-0.15, -0.1) is 0 Å². The van der Waals surface area contributed by atoms with Gasteiger partial charge in [-0.1, -0.05) is 72.8 Å². The Kier molecular flexibility index (Phi) is 14.6. The zero-order chi connectivity index (χ0) is 35.1. The van der Waals surface area contributed by atoms with Gasteiger partial charge in [0.2, 0.25) is 5.91 Å². The molecular formula is C34H40N2O12. The van der Waals surface area contributed by atoms with E-state index in [9.17, 15) is 28.8 Å². The lowest BCUT2D eigenvalue weighted by Gasteiger charge is -2.45. The van der Waals surface area contributed by atoms with Gasteiger partial charge in [0.05, 0.1) is 12.1 Å². The smallest absolute Gasteiger partial charge is 0.408 e. The Bertz CT molecular complexity index is 1430. The molecule has 6 atom stereocenters. The van der Waals surface area contributed by atoms with Crippen molar-refractivity contribution in [2.75, 3.05) is 6.61 Å². The van der Waals surface area contributed by atoms with Crippen LogP contribution in [0.15, 0.2) is 72.8 Å². The molecule has 0 bridgehead atoms. The van der Waals surface area contributed by atoms with Crippen molar-refractivity contribution in [2.24, 2.45) is 0 Å². The van der Waals surface area contributed by atoms with Gasteiger partial charge in [-0.3, -0.25) is 19.2 Å². The number of hydrogen-bond acceptors (Lipinski definition) is 12. The van der Waals surface area contributed by atoms with E-state index in [4.69, 9.17) is 28.4 Å². The summed E-state index contributed by atoms with van der Waals surface area (Å²) < 4.78 is 33.0. The van der Waals surface area contributed by atoms with E-state index >= 15 is 0 Å². The van der Waals surface area contributed by atoms with Gasteiger partial charge in [0, 0.05) is 27.7 Å². The van der Waals surface area contributed by atoms with Crippen molar-refractivity contribution in [3.8, 4) is 0 Å².